The van der Waals surface area contributed by atoms with Gasteiger partial charge in [-0.1, -0.05) is 23.5 Å². The summed E-state index contributed by atoms with van der Waals surface area (Å²) in [6, 6.07) is 16.6. The summed E-state index contributed by atoms with van der Waals surface area (Å²) in [6.45, 7) is -0.290. The highest BCUT2D eigenvalue weighted by Gasteiger charge is 2.69. The molecule has 1 saturated heterocycles. The number of ether oxygens (including phenoxy) is 3. The van der Waals surface area contributed by atoms with Gasteiger partial charge in [0.25, 0.3) is 5.91 Å². The number of carbonyl (C=O) groups is 3. The smallest absolute Gasteiger partial charge is 0.416 e. The highest BCUT2D eigenvalue weighted by Crippen LogP contribution is 2.69. The predicted octanol–water partition coefficient (Wildman–Crippen LogP) is 6.17. The van der Waals surface area contributed by atoms with Gasteiger partial charge in [-0.3, -0.25) is 24.1 Å². The third-order valence-corrected chi connectivity index (χ3v) is 13.0. The fourth-order valence-corrected chi connectivity index (χ4v) is 11.4. The number of hydrogen-bond donors (Lipinski definition) is 2. The van der Waals surface area contributed by atoms with Crippen molar-refractivity contribution in [2.45, 2.75) is 28.8 Å². The minimum Gasteiger partial charge on any atom is -0.497 e. The summed E-state index contributed by atoms with van der Waals surface area (Å²) in [5, 5.41) is 3.35. The molecule has 10 nitrogen and oxygen atoms in total. The first-order chi connectivity index (χ1) is 24.5. The maximum absolute atomic E-state index is 14.0. The number of halogens is 3. The Labute approximate surface area is 297 Å². The normalized spacial score (nSPS) is 26.1. The first-order valence-corrected chi connectivity index (χ1v) is 17.9. The van der Waals surface area contributed by atoms with Gasteiger partial charge in [-0.25, -0.2) is 0 Å². The molecule has 3 fully saturated rings. The molecule has 4 aromatic rings. The SMILES string of the molecule is COc1ccc(NC(=O)COc2ccc([C@H]3c4sc(=O)[nH]c4SC4C3[C@H]3C[C@@H]4C4C(=O)N(c5cccc(C(F)(F)F)c5)C(=O)C43)cc2OC)cc1. The van der Waals surface area contributed by atoms with Gasteiger partial charge in [0.2, 0.25) is 11.8 Å². The molecule has 2 N–H and O–H groups in total. The Hall–Kier alpha value is -4.76. The first-order valence-electron chi connectivity index (χ1n) is 16.2. The zero-order chi connectivity index (χ0) is 35.8. The molecule has 1 aromatic heterocycles. The molecule has 4 aliphatic rings. The van der Waals surface area contributed by atoms with Gasteiger partial charge in [0.15, 0.2) is 18.1 Å². The van der Waals surface area contributed by atoms with Crippen LogP contribution in [-0.4, -0.2) is 48.8 Å². The summed E-state index contributed by atoms with van der Waals surface area (Å²) in [6.07, 6.45) is -4.02. The first kappa shape index (κ1) is 33.4. The Morgan fingerprint density at radius 1 is 0.941 bits per heavy atom. The summed E-state index contributed by atoms with van der Waals surface area (Å²) >= 11 is 2.61. The number of thiazole rings is 1. The van der Waals surface area contributed by atoms with E-state index in [9.17, 15) is 32.3 Å². The van der Waals surface area contributed by atoms with Crippen LogP contribution in [0.15, 0.2) is 76.6 Å². The van der Waals surface area contributed by atoms with E-state index in [1.54, 1.807) is 37.4 Å². The molecule has 264 valence electrons. The molecule has 0 radical (unpaired) electrons. The molecule has 15 heteroatoms. The van der Waals surface area contributed by atoms with Crippen LogP contribution in [0.5, 0.6) is 17.2 Å². The van der Waals surface area contributed by atoms with E-state index >= 15 is 0 Å². The van der Waals surface area contributed by atoms with Crippen molar-refractivity contribution in [3.63, 3.8) is 0 Å². The summed E-state index contributed by atoms with van der Waals surface area (Å²) in [5.74, 6) is -2.28. The van der Waals surface area contributed by atoms with Crippen LogP contribution in [-0.2, 0) is 20.6 Å². The lowest BCUT2D eigenvalue weighted by Crippen LogP contribution is -2.42. The quantitative estimate of drug-likeness (QED) is 0.206. The van der Waals surface area contributed by atoms with Gasteiger partial charge in [0, 0.05) is 21.7 Å². The van der Waals surface area contributed by atoms with Crippen molar-refractivity contribution in [3.8, 4) is 17.2 Å². The highest BCUT2D eigenvalue weighted by molar-refractivity contribution is 8.00. The average Bonchev–Trinajstić information content (AvgIpc) is 3.86. The lowest BCUT2D eigenvalue weighted by Gasteiger charge is -2.43. The third-order valence-electron chi connectivity index (χ3n) is 10.4. The number of methoxy groups -OCH3 is 2. The van der Waals surface area contributed by atoms with Crippen LogP contribution in [0.3, 0.4) is 0 Å². The fraction of sp³-hybridized carbons (Fsp3) is 0.333. The average molecular weight is 738 g/mol. The molecule has 3 amide bonds. The largest absolute Gasteiger partial charge is 0.497 e. The van der Waals surface area contributed by atoms with Crippen molar-refractivity contribution in [2.24, 2.45) is 29.6 Å². The van der Waals surface area contributed by atoms with Gasteiger partial charge in [-0.05, 0) is 84.3 Å². The Morgan fingerprint density at radius 3 is 2.39 bits per heavy atom. The Bertz CT molecular complexity index is 2120. The minimum atomic E-state index is -4.63. The van der Waals surface area contributed by atoms with Crippen LogP contribution >= 0.6 is 23.1 Å². The molecule has 8 rings (SSSR count). The minimum absolute atomic E-state index is 0.0813. The predicted molar refractivity (Wildman–Crippen MR) is 183 cm³/mol. The molecule has 2 aliphatic carbocycles. The number of nitrogens with zero attached hydrogens (tertiary/aromatic N) is 1. The topological polar surface area (TPSA) is 127 Å². The summed E-state index contributed by atoms with van der Waals surface area (Å²) in [7, 11) is 3.03. The molecular weight excluding hydrogens is 708 g/mol. The van der Waals surface area contributed by atoms with Crippen molar-refractivity contribution in [1.29, 1.82) is 0 Å². The van der Waals surface area contributed by atoms with Crippen molar-refractivity contribution >= 4 is 52.2 Å². The van der Waals surface area contributed by atoms with Crippen LogP contribution in [0.1, 0.15) is 28.3 Å². The summed E-state index contributed by atoms with van der Waals surface area (Å²) in [4.78, 5) is 57.7. The molecule has 2 saturated carbocycles. The number of nitrogens with one attached hydrogen (secondary N) is 2. The Morgan fingerprint density at radius 2 is 1.69 bits per heavy atom. The van der Waals surface area contributed by atoms with Gasteiger partial charge >= 0.3 is 11.0 Å². The van der Waals surface area contributed by atoms with Crippen molar-refractivity contribution in [3.05, 3.63) is 92.4 Å². The Kier molecular flexibility index (Phi) is 8.17. The van der Waals surface area contributed by atoms with Crippen molar-refractivity contribution in [1.82, 2.24) is 4.98 Å². The molecule has 2 aliphatic heterocycles. The second-order valence-corrected chi connectivity index (χ2v) is 15.2. The molecule has 7 atom stereocenters. The van der Waals surface area contributed by atoms with Gasteiger partial charge < -0.3 is 24.5 Å². The lowest BCUT2D eigenvalue weighted by molar-refractivity contribution is -0.137. The van der Waals surface area contributed by atoms with E-state index in [4.69, 9.17) is 14.2 Å². The lowest BCUT2D eigenvalue weighted by atomic mass is 9.68. The van der Waals surface area contributed by atoms with E-state index in [1.165, 1.54) is 31.0 Å². The van der Waals surface area contributed by atoms with E-state index < -0.39 is 35.4 Å². The fourth-order valence-electron chi connectivity index (χ4n) is 8.48. The molecule has 3 aromatic carbocycles. The Balaban J connectivity index is 1.07. The number of anilines is 2. The van der Waals surface area contributed by atoms with Crippen LogP contribution in [0, 0.1) is 29.6 Å². The van der Waals surface area contributed by atoms with Crippen LogP contribution in [0.25, 0.3) is 0 Å². The van der Waals surface area contributed by atoms with E-state index in [2.05, 4.69) is 10.3 Å². The summed E-state index contributed by atoms with van der Waals surface area (Å²) in [5.41, 5.74) is 0.371. The van der Waals surface area contributed by atoms with Crippen molar-refractivity contribution in [2.75, 3.05) is 31.0 Å². The number of carbonyl (C=O) groups excluding carboxylic acids is 3. The van der Waals surface area contributed by atoms with Gasteiger partial charge in [-0.2, -0.15) is 13.2 Å². The maximum Gasteiger partial charge on any atom is 0.416 e. The second-order valence-electron chi connectivity index (χ2n) is 13.0. The van der Waals surface area contributed by atoms with Gasteiger partial charge in [0.05, 0.1) is 42.3 Å². The van der Waals surface area contributed by atoms with E-state index in [0.717, 1.165) is 38.8 Å². The zero-order valence-electron chi connectivity index (χ0n) is 27.1. The number of amides is 3. The molecule has 2 bridgehead atoms. The van der Waals surface area contributed by atoms with Crippen LogP contribution in [0.4, 0.5) is 24.5 Å². The number of imide groups is 1. The zero-order valence-corrected chi connectivity index (χ0v) is 28.7. The van der Waals surface area contributed by atoms with Crippen LogP contribution < -0.4 is 29.3 Å². The number of aromatic amines is 1. The van der Waals surface area contributed by atoms with Gasteiger partial charge in [-0.15, -0.1) is 11.8 Å². The molecule has 0 spiro atoms. The van der Waals surface area contributed by atoms with Crippen LogP contribution in [0.2, 0.25) is 0 Å². The number of benzene rings is 3. The second kappa shape index (κ2) is 12.5. The number of rotatable bonds is 8. The number of fused-ring (bicyclic) bond motifs is 9. The van der Waals surface area contributed by atoms with Crippen molar-refractivity contribution < 1.29 is 41.8 Å². The van der Waals surface area contributed by atoms with E-state index in [0.29, 0.717) is 34.4 Å². The van der Waals surface area contributed by atoms with E-state index in [-0.39, 0.29) is 52.0 Å². The monoisotopic (exact) mass is 737 g/mol. The van der Waals surface area contributed by atoms with Gasteiger partial charge in [0.1, 0.15) is 5.75 Å². The molecular formula is C36H30F3N3O7S2. The standard InChI is InChI=1S/C36H30F3N3O7S2/c1-47-20-9-7-18(8-10-20)40-25(43)15-49-23-11-6-16(12-24(23)48-2)26-27-21-14-22(30(27)50-32-31(26)51-35(46)41-32)29-28(21)33(44)42(34(29)45)19-5-3-4-17(13-19)36(37,38)39/h3-13,21-22,26-30H,14-15H2,1-2H3,(H,40,43)(H,41,46)/t21-,22-,26-,27?,28?,29?,30?/m1/s1. The number of aromatic nitrogens is 1. The number of alkyl halides is 3. The van der Waals surface area contributed by atoms with E-state index in [1.807, 2.05) is 12.1 Å². The molecule has 4 unspecified atom stereocenters. The maximum atomic E-state index is 14.0. The summed E-state index contributed by atoms with van der Waals surface area (Å²) < 4.78 is 57.3. The highest BCUT2D eigenvalue weighted by atomic mass is 32.2. The number of H-pyrrole nitrogens is 1. The third kappa shape index (κ3) is 5.57. The number of thioether (sulfide) groups is 1. The molecule has 3 heterocycles. The molecule has 51 heavy (non-hydrogen) atoms. The number of hydrogen-bond acceptors (Lipinski definition) is 9.